The molecule has 5 nitrogen and oxygen atoms in total. The summed E-state index contributed by atoms with van der Waals surface area (Å²) in [5, 5.41) is 13.7. The highest BCUT2D eigenvalue weighted by molar-refractivity contribution is 5.82. The van der Waals surface area contributed by atoms with Crippen LogP contribution in [0.25, 0.3) is 0 Å². The maximum absolute atomic E-state index is 12.7. The molecule has 0 unspecified atom stereocenters. The average Bonchev–Trinajstić information content (AvgIpc) is 2.40. The lowest BCUT2D eigenvalue weighted by molar-refractivity contribution is -0.384. The summed E-state index contributed by atoms with van der Waals surface area (Å²) in [5.41, 5.74) is 3.61. The number of hydrogen-bond acceptors (Lipinski definition) is 4. The maximum Gasteiger partial charge on any atom is 0.416 e. The average molecular weight is 297 g/mol. The van der Waals surface area contributed by atoms with Gasteiger partial charge in [-0.2, -0.15) is 13.2 Å². The summed E-state index contributed by atoms with van der Waals surface area (Å²) in [6.07, 6.45) is -4.70. The highest BCUT2D eigenvalue weighted by Crippen LogP contribution is 2.39. The lowest BCUT2D eigenvalue weighted by Crippen LogP contribution is -2.09. The van der Waals surface area contributed by atoms with Crippen molar-refractivity contribution in [3.8, 4) is 0 Å². The van der Waals surface area contributed by atoms with Gasteiger partial charge in [-0.05, 0) is 18.2 Å². The minimum atomic E-state index is -4.70. The first kappa shape index (κ1) is 14.6. The van der Waals surface area contributed by atoms with Gasteiger partial charge in [0.1, 0.15) is 5.69 Å². The highest BCUT2D eigenvalue weighted by atomic mass is 19.4. The number of nitrogen functional groups attached to an aromatic ring is 1. The van der Waals surface area contributed by atoms with Crippen molar-refractivity contribution in [1.29, 1.82) is 0 Å². The Balaban J connectivity index is 2.53. The molecule has 2 rings (SSSR count). The molecule has 0 saturated carbocycles. The van der Waals surface area contributed by atoms with Crippen molar-refractivity contribution in [2.24, 2.45) is 0 Å². The number of nitrogens with one attached hydrogen (secondary N) is 1. The summed E-state index contributed by atoms with van der Waals surface area (Å²) in [5.74, 6) is 0. The quantitative estimate of drug-likeness (QED) is 0.511. The van der Waals surface area contributed by atoms with E-state index in [0.29, 0.717) is 17.8 Å². The van der Waals surface area contributed by atoms with Gasteiger partial charge >= 0.3 is 6.18 Å². The van der Waals surface area contributed by atoms with Crippen LogP contribution in [-0.2, 0) is 6.18 Å². The molecular formula is C13H10F3N3O2. The summed E-state index contributed by atoms with van der Waals surface area (Å²) >= 11 is 0. The highest BCUT2D eigenvalue weighted by Gasteiger charge is 2.34. The molecule has 0 aliphatic rings. The molecule has 2 aromatic carbocycles. The van der Waals surface area contributed by atoms with Crippen LogP contribution in [0.2, 0.25) is 0 Å². The minimum absolute atomic E-state index is 0.167. The molecule has 0 aliphatic carbocycles. The Bertz CT molecular complexity index is 672. The molecule has 2 aromatic rings. The van der Waals surface area contributed by atoms with Crippen LogP contribution in [0.15, 0.2) is 42.5 Å². The maximum atomic E-state index is 12.7. The lowest BCUT2D eigenvalue weighted by Gasteiger charge is -2.13. The third-order valence-corrected chi connectivity index (χ3v) is 2.72. The van der Waals surface area contributed by atoms with E-state index in [1.165, 1.54) is 0 Å². The number of nitrogens with zero attached hydrogens (tertiary/aromatic N) is 1. The second-order valence-electron chi connectivity index (χ2n) is 4.21. The van der Waals surface area contributed by atoms with E-state index in [2.05, 4.69) is 5.32 Å². The van der Waals surface area contributed by atoms with Gasteiger partial charge in [0, 0.05) is 11.8 Å². The van der Waals surface area contributed by atoms with Gasteiger partial charge in [0.05, 0.1) is 16.2 Å². The van der Waals surface area contributed by atoms with E-state index >= 15 is 0 Å². The third kappa shape index (κ3) is 3.22. The normalized spacial score (nSPS) is 11.2. The summed E-state index contributed by atoms with van der Waals surface area (Å²) in [7, 11) is 0. The second-order valence-corrected chi connectivity index (χ2v) is 4.21. The molecule has 0 spiro atoms. The third-order valence-electron chi connectivity index (χ3n) is 2.72. The standard InChI is InChI=1S/C13H10F3N3O2/c14-13(15,16)8-6-10(17)12(11(7-8)19(20)21)18-9-4-2-1-3-5-9/h1-7,18H,17H2. The monoisotopic (exact) mass is 297 g/mol. The zero-order chi connectivity index (χ0) is 15.6. The number of nitro groups is 1. The second kappa shape index (κ2) is 5.31. The van der Waals surface area contributed by atoms with Crippen molar-refractivity contribution in [2.75, 3.05) is 11.1 Å². The number of nitro benzene ring substituents is 1. The summed E-state index contributed by atoms with van der Waals surface area (Å²) in [4.78, 5) is 10.1. The first-order valence-corrected chi connectivity index (χ1v) is 5.76. The van der Waals surface area contributed by atoms with Crippen molar-refractivity contribution < 1.29 is 18.1 Å². The van der Waals surface area contributed by atoms with Crippen LogP contribution in [0.1, 0.15) is 5.56 Å². The molecule has 0 saturated heterocycles. The lowest BCUT2D eigenvalue weighted by atomic mass is 10.1. The van der Waals surface area contributed by atoms with Gasteiger partial charge in [0.15, 0.2) is 0 Å². The van der Waals surface area contributed by atoms with Crippen molar-refractivity contribution in [1.82, 2.24) is 0 Å². The number of halogens is 3. The SMILES string of the molecule is Nc1cc(C(F)(F)F)cc([N+](=O)[O-])c1Nc1ccccc1. The van der Waals surface area contributed by atoms with Crippen molar-refractivity contribution in [3.63, 3.8) is 0 Å². The fourth-order valence-electron chi connectivity index (χ4n) is 1.76. The number of benzene rings is 2. The Morgan fingerprint density at radius 2 is 1.76 bits per heavy atom. The molecule has 0 radical (unpaired) electrons. The van der Waals surface area contributed by atoms with Gasteiger partial charge in [-0.3, -0.25) is 10.1 Å². The zero-order valence-corrected chi connectivity index (χ0v) is 10.5. The topological polar surface area (TPSA) is 81.2 Å². The Kier molecular flexibility index (Phi) is 3.70. The van der Waals surface area contributed by atoms with E-state index in [0.717, 1.165) is 0 Å². The minimum Gasteiger partial charge on any atom is -0.397 e. The van der Waals surface area contributed by atoms with Crippen LogP contribution in [0, 0.1) is 10.1 Å². The molecule has 0 bridgehead atoms. The number of alkyl halides is 3. The van der Waals surface area contributed by atoms with Crippen LogP contribution in [0.5, 0.6) is 0 Å². The van der Waals surface area contributed by atoms with Crippen LogP contribution in [0.3, 0.4) is 0 Å². The summed E-state index contributed by atoms with van der Waals surface area (Å²) in [6, 6.07) is 9.43. The number of rotatable bonds is 3. The van der Waals surface area contributed by atoms with E-state index in [1.807, 2.05) is 0 Å². The number of para-hydroxylation sites is 1. The number of anilines is 3. The van der Waals surface area contributed by atoms with E-state index in [9.17, 15) is 23.3 Å². The predicted molar refractivity (Wildman–Crippen MR) is 72.2 cm³/mol. The summed E-state index contributed by atoms with van der Waals surface area (Å²) in [6.45, 7) is 0. The van der Waals surface area contributed by atoms with Crippen LogP contribution >= 0.6 is 0 Å². The number of hydrogen-bond donors (Lipinski definition) is 2. The van der Waals surface area contributed by atoms with Gasteiger partial charge in [-0.15, -0.1) is 0 Å². The predicted octanol–water partition coefficient (Wildman–Crippen LogP) is 3.94. The number of nitrogens with two attached hydrogens (primary N) is 1. The van der Waals surface area contributed by atoms with Gasteiger partial charge in [-0.25, -0.2) is 0 Å². The van der Waals surface area contributed by atoms with Crippen LogP contribution in [0.4, 0.5) is 35.9 Å². The largest absolute Gasteiger partial charge is 0.416 e. The molecule has 0 atom stereocenters. The molecule has 0 heterocycles. The fraction of sp³-hybridized carbons (Fsp3) is 0.0769. The molecule has 0 fully saturated rings. The Morgan fingerprint density at radius 1 is 1.14 bits per heavy atom. The van der Waals surface area contributed by atoms with Crippen LogP contribution in [-0.4, -0.2) is 4.92 Å². The smallest absolute Gasteiger partial charge is 0.397 e. The van der Waals surface area contributed by atoms with Gasteiger partial charge < -0.3 is 11.1 Å². The van der Waals surface area contributed by atoms with E-state index in [4.69, 9.17) is 5.73 Å². The van der Waals surface area contributed by atoms with Crippen molar-refractivity contribution >= 4 is 22.7 Å². The molecule has 21 heavy (non-hydrogen) atoms. The van der Waals surface area contributed by atoms with E-state index in [-0.39, 0.29) is 11.4 Å². The fourth-order valence-corrected chi connectivity index (χ4v) is 1.76. The first-order chi connectivity index (χ1) is 9.79. The molecule has 0 aromatic heterocycles. The van der Waals surface area contributed by atoms with Gasteiger partial charge in [-0.1, -0.05) is 18.2 Å². The van der Waals surface area contributed by atoms with Gasteiger partial charge in [0.25, 0.3) is 5.69 Å². The Morgan fingerprint density at radius 3 is 2.29 bits per heavy atom. The van der Waals surface area contributed by atoms with Crippen molar-refractivity contribution in [3.05, 3.63) is 58.1 Å². The zero-order valence-electron chi connectivity index (χ0n) is 10.5. The van der Waals surface area contributed by atoms with Crippen LogP contribution < -0.4 is 11.1 Å². The molecule has 110 valence electrons. The Labute approximate surface area is 117 Å². The van der Waals surface area contributed by atoms with E-state index < -0.39 is 22.4 Å². The first-order valence-electron chi connectivity index (χ1n) is 5.76. The van der Waals surface area contributed by atoms with Gasteiger partial charge in [0.2, 0.25) is 0 Å². The van der Waals surface area contributed by atoms with Crippen molar-refractivity contribution in [2.45, 2.75) is 6.18 Å². The molecule has 8 heteroatoms. The van der Waals surface area contributed by atoms with E-state index in [1.54, 1.807) is 30.3 Å². The molecule has 0 amide bonds. The molecule has 0 aliphatic heterocycles. The molecular weight excluding hydrogens is 287 g/mol. The Hall–Kier alpha value is -2.77. The summed E-state index contributed by atoms with van der Waals surface area (Å²) < 4.78 is 38.0. The molecule has 3 N–H and O–H groups in total.